The van der Waals surface area contributed by atoms with Crippen molar-refractivity contribution in [1.29, 1.82) is 0 Å². The van der Waals surface area contributed by atoms with E-state index in [1.165, 1.54) is 0 Å². The van der Waals surface area contributed by atoms with Crippen LogP contribution in [0.4, 0.5) is 23.1 Å². The number of carbonyl (C=O) groups excluding carboxylic acids is 1. The summed E-state index contributed by atoms with van der Waals surface area (Å²) in [6.45, 7) is 2.08. The molecule has 6 heteroatoms. The molecule has 0 fully saturated rings. The van der Waals surface area contributed by atoms with Gasteiger partial charge in [0.1, 0.15) is 11.7 Å². The van der Waals surface area contributed by atoms with Gasteiger partial charge < -0.3 is 15.1 Å². The van der Waals surface area contributed by atoms with Crippen molar-refractivity contribution in [2.24, 2.45) is 0 Å². The van der Waals surface area contributed by atoms with Crippen molar-refractivity contribution in [3.8, 4) is 0 Å². The summed E-state index contributed by atoms with van der Waals surface area (Å²) in [6, 6.07) is 9.62. The minimum absolute atomic E-state index is 0.0919. The highest BCUT2D eigenvalue weighted by atomic mass is 16.2. The molecule has 1 aromatic carbocycles. The second-order valence-corrected chi connectivity index (χ2v) is 5.71. The van der Waals surface area contributed by atoms with Gasteiger partial charge in [-0.3, -0.25) is 4.79 Å². The number of nitrogens with zero attached hydrogens (tertiary/aromatic N) is 4. The van der Waals surface area contributed by atoms with Crippen molar-refractivity contribution in [1.82, 2.24) is 9.97 Å². The first-order valence-electron chi connectivity index (χ1n) is 7.81. The van der Waals surface area contributed by atoms with Crippen LogP contribution in [0.3, 0.4) is 0 Å². The lowest BCUT2D eigenvalue weighted by Crippen LogP contribution is -2.51. The van der Waals surface area contributed by atoms with Crippen LogP contribution in [-0.4, -0.2) is 36.0 Å². The van der Waals surface area contributed by atoms with E-state index in [0.717, 1.165) is 30.0 Å². The molecule has 23 heavy (non-hydrogen) atoms. The molecule has 0 radical (unpaired) electrons. The number of amides is 1. The Morgan fingerprint density at radius 2 is 1.96 bits per heavy atom. The molecule has 1 N–H and O–H groups in total. The first-order chi connectivity index (χ1) is 11.1. The van der Waals surface area contributed by atoms with Crippen molar-refractivity contribution >= 4 is 29.0 Å². The Labute approximate surface area is 136 Å². The van der Waals surface area contributed by atoms with Gasteiger partial charge in [0.15, 0.2) is 5.82 Å². The lowest BCUT2D eigenvalue weighted by atomic mass is 10.1. The first-order valence-corrected chi connectivity index (χ1v) is 7.81. The fourth-order valence-electron chi connectivity index (χ4n) is 2.82. The number of fused-ring (bicyclic) bond motifs is 1. The molecule has 3 rings (SSSR count). The average molecular weight is 311 g/mol. The maximum Gasteiger partial charge on any atom is 0.249 e. The largest absolute Gasteiger partial charge is 0.346 e. The molecule has 1 aliphatic heterocycles. The number of nitrogens with one attached hydrogen (secondary N) is 1. The van der Waals surface area contributed by atoms with Crippen LogP contribution in [0.1, 0.15) is 19.8 Å². The number of carbonyl (C=O) groups is 1. The van der Waals surface area contributed by atoms with E-state index < -0.39 is 0 Å². The molecule has 0 bridgehead atoms. The minimum Gasteiger partial charge on any atom is -0.346 e. The Hall–Kier alpha value is -2.63. The fraction of sp³-hybridized carbons (Fsp3) is 0.353. The molecular formula is C17H21N5O. The van der Waals surface area contributed by atoms with Gasteiger partial charge in [0.25, 0.3) is 0 Å². The van der Waals surface area contributed by atoms with E-state index in [1.54, 1.807) is 18.1 Å². The second-order valence-electron chi connectivity index (χ2n) is 5.71. The predicted octanol–water partition coefficient (Wildman–Crippen LogP) is 2.80. The number of aromatic nitrogens is 2. The normalized spacial score (nSPS) is 17.2. The van der Waals surface area contributed by atoms with Gasteiger partial charge in [-0.15, -0.1) is 0 Å². The molecule has 1 atom stereocenters. The Bertz CT molecular complexity index is 703. The van der Waals surface area contributed by atoms with E-state index in [9.17, 15) is 4.79 Å². The SMILES string of the molecule is CCCC1C(=O)N(C)c2cnc(Nc3ccccc3)nc2N1C. The third-order valence-corrected chi connectivity index (χ3v) is 4.12. The topological polar surface area (TPSA) is 61.4 Å². The number of para-hydroxylation sites is 1. The van der Waals surface area contributed by atoms with E-state index in [2.05, 4.69) is 22.2 Å². The monoisotopic (exact) mass is 311 g/mol. The summed E-state index contributed by atoms with van der Waals surface area (Å²) in [6.07, 6.45) is 3.46. The van der Waals surface area contributed by atoms with Gasteiger partial charge in [-0.2, -0.15) is 4.98 Å². The molecule has 1 aromatic heterocycles. The lowest BCUT2D eigenvalue weighted by molar-refractivity contribution is -0.120. The molecule has 2 heterocycles. The van der Waals surface area contributed by atoms with Crippen LogP contribution >= 0.6 is 0 Å². The van der Waals surface area contributed by atoms with Crippen LogP contribution in [0.25, 0.3) is 0 Å². The van der Waals surface area contributed by atoms with Crippen LogP contribution in [0.15, 0.2) is 36.5 Å². The van der Waals surface area contributed by atoms with Crippen LogP contribution in [0.2, 0.25) is 0 Å². The third kappa shape index (κ3) is 2.84. The van der Waals surface area contributed by atoms with Gasteiger partial charge in [-0.25, -0.2) is 4.98 Å². The van der Waals surface area contributed by atoms with Crippen LogP contribution in [-0.2, 0) is 4.79 Å². The molecule has 0 aliphatic carbocycles. The number of hydrogen-bond donors (Lipinski definition) is 1. The van der Waals surface area contributed by atoms with Gasteiger partial charge in [0.2, 0.25) is 11.9 Å². The average Bonchev–Trinajstić information content (AvgIpc) is 2.58. The van der Waals surface area contributed by atoms with Crippen molar-refractivity contribution in [2.45, 2.75) is 25.8 Å². The van der Waals surface area contributed by atoms with E-state index in [0.29, 0.717) is 5.95 Å². The summed E-state index contributed by atoms with van der Waals surface area (Å²) >= 11 is 0. The smallest absolute Gasteiger partial charge is 0.249 e. The number of benzene rings is 1. The third-order valence-electron chi connectivity index (χ3n) is 4.12. The van der Waals surface area contributed by atoms with Gasteiger partial charge in [-0.1, -0.05) is 31.5 Å². The minimum atomic E-state index is -0.169. The summed E-state index contributed by atoms with van der Waals surface area (Å²) in [5.41, 5.74) is 1.67. The Morgan fingerprint density at radius 3 is 2.65 bits per heavy atom. The molecule has 2 aromatic rings. The highest BCUT2D eigenvalue weighted by Gasteiger charge is 2.35. The standard InChI is InChI=1S/C17H21N5O/c1-4-8-13-16(23)22(3)14-11-18-17(20-15(14)21(13)2)19-12-9-6-5-7-10-12/h5-7,9-11,13H,4,8H2,1-3H3,(H,18,19,20). The number of hydrogen-bond acceptors (Lipinski definition) is 5. The number of likely N-dealkylation sites (N-methyl/N-ethyl adjacent to an activating group) is 2. The molecule has 120 valence electrons. The molecular weight excluding hydrogens is 290 g/mol. The van der Waals surface area contributed by atoms with Crippen LogP contribution in [0.5, 0.6) is 0 Å². The van der Waals surface area contributed by atoms with Gasteiger partial charge in [0.05, 0.1) is 6.20 Å². The van der Waals surface area contributed by atoms with Gasteiger partial charge >= 0.3 is 0 Å². The first kappa shape index (κ1) is 15.3. The summed E-state index contributed by atoms with van der Waals surface area (Å²) in [5.74, 6) is 1.40. The fourth-order valence-corrected chi connectivity index (χ4v) is 2.82. The molecule has 1 unspecified atom stereocenters. The summed E-state index contributed by atoms with van der Waals surface area (Å²) in [5, 5.41) is 3.20. The Balaban J connectivity index is 1.94. The molecule has 0 spiro atoms. The van der Waals surface area contributed by atoms with E-state index in [4.69, 9.17) is 0 Å². The van der Waals surface area contributed by atoms with Gasteiger partial charge in [0, 0.05) is 19.8 Å². The van der Waals surface area contributed by atoms with E-state index in [1.807, 2.05) is 42.3 Å². The summed E-state index contributed by atoms with van der Waals surface area (Å²) < 4.78 is 0. The lowest BCUT2D eigenvalue weighted by Gasteiger charge is -2.38. The number of rotatable bonds is 4. The molecule has 0 saturated heterocycles. The van der Waals surface area contributed by atoms with Crippen LogP contribution in [0, 0.1) is 0 Å². The maximum absolute atomic E-state index is 12.5. The van der Waals surface area contributed by atoms with Crippen molar-refractivity contribution < 1.29 is 4.79 Å². The van der Waals surface area contributed by atoms with Crippen molar-refractivity contribution in [2.75, 3.05) is 29.2 Å². The van der Waals surface area contributed by atoms with Gasteiger partial charge in [-0.05, 0) is 18.6 Å². The molecule has 6 nitrogen and oxygen atoms in total. The molecule has 1 amide bonds. The molecule has 1 aliphatic rings. The zero-order valence-electron chi connectivity index (χ0n) is 13.7. The summed E-state index contributed by atoms with van der Waals surface area (Å²) in [4.78, 5) is 25.0. The van der Waals surface area contributed by atoms with E-state index >= 15 is 0 Å². The maximum atomic E-state index is 12.5. The highest BCUT2D eigenvalue weighted by molar-refractivity contribution is 6.04. The Kier molecular flexibility index (Phi) is 4.14. The highest BCUT2D eigenvalue weighted by Crippen LogP contribution is 2.34. The molecule has 0 saturated carbocycles. The zero-order valence-corrected chi connectivity index (χ0v) is 13.7. The van der Waals surface area contributed by atoms with Crippen molar-refractivity contribution in [3.63, 3.8) is 0 Å². The Morgan fingerprint density at radius 1 is 1.22 bits per heavy atom. The van der Waals surface area contributed by atoms with E-state index in [-0.39, 0.29) is 11.9 Å². The van der Waals surface area contributed by atoms with Crippen molar-refractivity contribution in [3.05, 3.63) is 36.5 Å². The van der Waals surface area contributed by atoms with Crippen LogP contribution < -0.4 is 15.1 Å². The second kappa shape index (κ2) is 6.24. The zero-order chi connectivity index (χ0) is 16.4. The quantitative estimate of drug-likeness (QED) is 0.941. The summed E-state index contributed by atoms with van der Waals surface area (Å²) in [7, 11) is 3.70. The number of anilines is 4. The predicted molar refractivity (Wildman–Crippen MR) is 92.3 cm³/mol.